The van der Waals surface area contributed by atoms with Gasteiger partial charge in [0, 0.05) is 5.56 Å². The zero-order valence-electron chi connectivity index (χ0n) is 8.37. The second-order valence-electron chi connectivity index (χ2n) is 2.15. The Morgan fingerprint density at radius 1 is 1.31 bits per heavy atom. The molecule has 0 spiro atoms. The van der Waals surface area contributed by atoms with Gasteiger partial charge in [0.25, 0.3) is 0 Å². The number of rotatable bonds is 2. The second kappa shape index (κ2) is 7.17. The highest BCUT2D eigenvalue weighted by atomic mass is 16.5. The second-order valence-corrected chi connectivity index (χ2v) is 2.15. The van der Waals surface area contributed by atoms with Crippen LogP contribution in [0.3, 0.4) is 0 Å². The number of hydrogen-bond acceptors (Lipinski definition) is 2. The number of nitrogens with zero attached hydrogens (tertiary/aromatic N) is 1. The third-order valence-electron chi connectivity index (χ3n) is 1.46. The van der Waals surface area contributed by atoms with E-state index in [0.29, 0.717) is 6.42 Å². The van der Waals surface area contributed by atoms with Crippen LogP contribution in [0.2, 0.25) is 0 Å². The number of benzene rings is 1. The fraction of sp³-hybridized carbons (Fsp3) is 0.364. The fourth-order valence-electron chi connectivity index (χ4n) is 0.934. The van der Waals surface area contributed by atoms with E-state index >= 15 is 0 Å². The van der Waals surface area contributed by atoms with Crippen LogP contribution in [0.5, 0.6) is 5.75 Å². The molecule has 1 aromatic rings. The summed E-state index contributed by atoms with van der Waals surface area (Å²) in [6, 6.07) is 9.61. The van der Waals surface area contributed by atoms with Crippen LogP contribution in [-0.4, -0.2) is 7.11 Å². The lowest BCUT2D eigenvalue weighted by atomic mass is 10.1. The maximum atomic E-state index is 8.43. The van der Waals surface area contributed by atoms with Gasteiger partial charge in [-0.3, -0.25) is 0 Å². The number of hydrogen-bond donors (Lipinski definition) is 0. The molecule has 0 amide bonds. The molecular weight excluding hydrogens is 162 g/mol. The lowest BCUT2D eigenvalue weighted by Gasteiger charge is -2.02. The van der Waals surface area contributed by atoms with Crippen molar-refractivity contribution < 1.29 is 4.74 Å². The lowest BCUT2D eigenvalue weighted by Crippen LogP contribution is -1.89. The Hall–Kier alpha value is -1.49. The Kier molecular flexibility index (Phi) is 6.35. The average molecular weight is 177 g/mol. The van der Waals surface area contributed by atoms with Crippen molar-refractivity contribution in [2.24, 2.45) is 0 Å². The van der Waals surface area contributed by atoms with E-state index in [4.69, 9.17) is 10.00 Å². The van der Waals surface area contributed by atoms with E-state index in [9.17, 15) is 0 Å². The predicted octanol–water partition coefficient (Wildman–Crippen LogP) is 2.79. The van der Waals surface area contributed by atoms with Crippen LogP contribution in [0.4, 0.5) is 0 Å². The highest BCUT2D eigenvalue weighted by molar-refractivity contribution is 5.34. The van der Waals surface area contributed by atoms with E-state index < -0.39 is 0 Å². The molecule has 0 bridgehead atoms. The van der Waals surface area contributed by atoms with Crippen molar-refractivity contribution in [1.29, 1.82) is 5.26 Å². The summed E-state index contributed by atoms with van der Waals surface area (Å²) in [4.78, 5) is 0. The summed E-state index contributed by atoms with van der Waals surface area (Å²) in [6.45, 7) is 4.00. The number of ether oxygens (including phenoxy) is 1. The molecule has 0 aliphatic heterocycles. The van der Waals surface area contributed by atoms with Gasteiger partial charge in [-0.15, -0.1) is 0 Å². The maximum absolute atomic E-state index is 8.43. The van der Waals surface area contributed by atoms with E-state index in [1.807, 2.05) is 38.1 Å². The van der Waals surface area contributed by atoms with Crippen molar-refractivity contribution in [2.45, 2.75) is 20.3 Å². The van der Waals surface area contributed by atoms with Crippen molar-refractivity contribution in [3.05, 3.63) is 29.8 Å². The summed E-state index contributed by atoms with van der Waals surface area (Å²) >= 11 is 0. The minimum Gasteiger partial charge on any atom is -0.496 e. The summed E-state index contributed by atoms with van der Waals surface area (Å²) in [7, 11) is 1.61. The summed E-state index contributed by atoms with van der Waals surface area (Å²) < 4.78 is 5.05. The third-order valence-corrected chi connectivity index (χ3v) is 1.46. The van der Waals surface area contributed by atoms with Gasteiger partial charge in [0.2, 0.25) is 0 Å². The molecule has 1 aromatic carbocycles. The van der Waals surface area contributed by atoms with E-state index in [1.165, 1.54) is 0 Å². The van der Waals surface area contributed by atoms with Crippen LogP contribution < -0.4 is 4.74 Å². The van der Waals surface area contributed by atoms with Gasteiger partial charge in [-0.25, -0.2) is 0 Å². The van der Waals surface area contributed by atoms with Gasteiger partial charge < -0.3 is 4.74 Å². The highest BCUT2D eigenvalue weighted by Gasteiger charge is 1.98. The highest BCUT2D eigenvalue weighted by Crippen LogP contribution is 2.16. The molecular formula is C11H15NO. The Bertz CT molecular complexity index is 276. The van der Waals surface area contributed by atoms with Crippen LogP contribution >= 0.6 is 0 Å². The zero-order chi connectivity index (χ0) is 10.1. The SMILES string of the molecule is CC.COc1ccccc1CC#N. The first-order chi connectivity index (χ1) is 6.38. The van der Waals surface area contributed by atoms with Crippen molar-refractivity contribution in [3.63, 3.8) is 0 Å². The molecule has 0 N–H and O–H groups in total. The lowest BCUT2D eigenvalue weighted by molar-refractivity contribution is 0.411. The minimum atomic E-state index is 0.407. The number of nitriles is 1. The fourth-order valence-corrected chi connectivity index (χ4v) is 0.934. The molecule has 0 aliphatic rings. The molecule has 0 heterocycles. The Morgan fingerprint density at radius 2 is 1.92 bits per heavy atom. The van der Waals surface area contributed by atoms with E-state index in [-0.39, 0.29) is 0 Å². The van der Waals surface area contributed by atoms with Crippen molar-refractivity contribution >= 4 is 0 Å². The molecule has 0 unspecified atom stereocenters. The Balaban J connectivity index is 0.000000671. The Labute approximate surface area is 79.8 Å². The summed E-state index contributed by atoms with van der Waals surface area (Å²) in [5, 5.41) is 8.43. The van der Waals surface area contributed by atoms with E-state index in [2.05, 4.69) is 6.07 Å². The molecule has 2 nitrogen and oxygen atoms in total. The zero-order valence-corrected chi connectivity index (χ0v) is 8.37. The van der Waals surface area contributed by atoms with Gasteiger partial charge in [0.05, 0.1) is 19.6 Å². The molecule has 0 aliphatic carbocycles. The largest absolute Gasteiger partial charge is 0.496 e. The number of methoxy groups -OCH3 is 1. The molecule has 0 atom stereocenters. The van der Waals surface area contributed by atoms with Gasteiger partial charge in [0.15, 0.2) is 0 Å². The van der Waals surface area contributed by atoms with Crippen molar-refractivity contribution in [2.75, 3.05) is 7.11 Å². The third kappa shape index (κ3) is 3.62. The molecule has 0 fully saturated rings. The van der Waals surface area contributed by atoms with E-state index in [0.717, 1.165) is 11.3 Å². The first-order valence-electron chi connectivity index (χ1n) is 4.37. The summed E-state index contributed by atoms with van der Waals surface area (Å²) in [6.07, 6.45) is 0.407. The quantitative estimate of drug-likeness (QED) is 0.695. The molecule has 2 heteroatoms. The van der Waals surface area contributed by atoms with Crippen LogP contribution in [0, 0.1) is 11.3 Å². The minimum absolute atomic E-state index is 0.407. The normalized spacial score (nSPS) is 7.85. The standard InChI is InChI=1S/C9H9NO.C2H6/c1-11-9-5-3-2-4-8(9)6-7-10;1-2/h2-5H,6H2,1H3;1-2H3. The molecule has 0 saturated carbocycles. The summed E-state index contributed by atoms with van der Waals surface area (Å²) in [5.74, 6) is 0.786. The van der Waals surface area contributed by atoms with Gasteiger partial charge in [0.1, 0.15) is 5.75 Å². The molecule has 1 rings (SSSR count). The topological polar surface area (TPSA) is 33.0 Å². The van der Waals surface area contributed by atoms with Crippen molar-refractivity contribution in [3.8, 4) is 11.8 Å². The molecule has 70 valence electrons. The maximum Gasteiger partial charge on any atom is 0.123 e. The number of para-hydroxylation sites is 1. The molecule has 0 aromatic heterocycles. The van der Waals surface area contributed by atoms with Gasteiger partial charge in [-0.05, 0) is 6.07 Å². The first kappa shape index (κ1) is 11.5. The smallest absolute Gasteiger partial charge is 0.123 e. The monoisotopic (exact) mass is 177 g/mol. The van der Waals surface area contributed by atoms with E-state index in [1.54, 1.807) is 7.11 Å². The van der Waals surface area contributed by atoms with Crippen molar-refractivity contribution in [1.82, 2.24) is 0 Å². The van der Waals surface area contributed by atoms with Gasteiger partial charge in [-0.2, -0.15) is 5.26 Å². The summed E-state index contributed by atoms with van der Waals surface area (Å²) in [5.41, 5.74) is 0.942. The predicted molar refractivity (Wildman–Crippen MR) is 53.7 cm³/mol. The molecule has 0 saturated heterocycles. The van der Waals surface area contributed by atoms with Gasteiger partial charge >= 0.3 is 0 Å². The van der Waals surface area contributed by atoms with Crippen LogP contribution in [0.1, 0.15) is 19.4 Å². The average Bonchev–Trinajstić information content (AvgIpc) is 2.22. The van der Waals surface area contributed by atoms with Crippen LogP contribution in [0.15, 0.2) is 24.3 Å². The first-order valence-corrected chi connectivity index (χ1v) is 4.37. The van der Waals surface area contributed by atoms with Crippen LogP contribution in [-0.2, 0) is 6.42 Å². The molecule has 13 heavy (non-hydrogen) atoms. The Morgan fingerprint density at radius 3 is 2.46 bits per heavy atom. The van der Waals surface area contributed by atoms with Gasteiger partial charge in [-0.1, -0.05) is 32.0 Å². The van der Waals surface area contributed by atoms with Crippen LogP contribution in [0.25, 0.3) is 0 Å². The molecule has 0 radical (unpaired) electrons.